The molecule has 0 aliphatic carbocycles. The lowest BCUT2D eigenvalue weighted by Gasteiger charge is -2.13. The third-order valence-electron chi connectivity index (χ3n) is 4.27. The summed E-state index contributed by atoms with van der Waals surface area (Å²) in [5, 5.41) is 6.09. The van der Waals surface area contributed by atoms with Crippen LogP contribution >= 0.6 is 0 Å². The number of nitrogens with zero attached hydrogens (tertiary/aromatic N) is 1. The van der Waals surface area contributed by atoms with Gasteiger partial charge in [0.1, 0.15) is 11.4 Å². The number of carbonyl (C=O) groups is 1. The van der Waals surface area contributed by atoms with Gasteiger partial charge < -0.3 is 24.8 Å². The summed E-state index contributed by atoms with van der Waals surface area (Å²) < 4.78 is 15.9. The van der Waals surface area contributed by atoms with Gasteiger partial charge in [-0.3, -0.25) is 9.78 Å². The first-order valence-corrected chi connectivity index (χ1v) is 8.95. The van der Waals surface area contributed by atoms with Crippen LogP contribution in [0.1, 0.15) is 16.1 Å². The van der Waals surface area contributed by atoms with Crippen LogP contribution in [0.2, 0.25) is 0 Å². The quantitative estimate of drug-likeness (QED) is 0.619. The molecule has 0 unspecified atom stereocenters. The van der Waals surface area contributed by atoms with Gasteiger partial charge in [0.05, 0.1) is 27.0 Å². The van der Waals surface area contributed by atoms with Crippen molar-refractivity contribution in [2.24, 2.45) is 0 Å². The largest absolute Gasteiger partial charge is 0.495 e. The molecule has 150 valence electrons. The van der Waals surface area contributed by atoms with Crippen molar-refractivity contribution < 1.29 is 19.0 Å². The summed E-state index contributed by atoms with van der Waals surface area (Å²) in [6.07, 6.45) is 1.58. The molecular weight excluding hydrogens is 370 g/mol. The van der Waals surface area contributed by atoms with Crippen molar-refractivity contribution >= 4 is 23.0 Å². The third kappa shape index (κ3) is 4.76. The Morgan fingerprint density at radius 1 is 0.828 bits per heavy atom. The molecule has 2 aromatic carbocycles. The Morgan fingerprint density at radius 2 is 1.55 bits per heavy atom. The van der Waals surface area contributed by atoms with Gasteiger partial charge in [-0.25, -0.2) is 0 Å². The number of aromatic nitrogens is 1. The van der Waals surface area contributed by atoms with Gasteiger partial charge in [0.25, 0.3) is 5.91 Å². The first-order chi connectivity index (χ1) is 14.0. The van der Waals surface area contributed by atoms with E-state index in [2.05, 4.69) is 15.6 Å². The van der Waals surface area contributed by atoms with Gasteiger partial charge >= 0.3 is 0 Å². The van der Waals surface area contributed by atoms with E-state index in [4.69, 9.17) is 14.2 Å². The molecule has 1 aromatic heterocycles. The Kier molecular flexibility index (Phi) is 6.19. The molecule has 29 heavy (non-hydrogen) atoms. The van der Waals surface area contributed by atoms with E-state index in [1.807, 2.05) is 25.1 Å². The number of aryl methyl sites for hydroxylation is 1. The molecule has 0 fully saturated rings. The predicted molar refractivity (Wildman–Crippen MR) is 113 cm³/mol. The number of nitrogens with one attached hydrogen (secondary N) is 2. The fourth-order valence-corrected chi connectivity index (χ4v) is 2.82. The van der Waals surface area contributed by atoms with Gasteiger partial charge in [-0.15, -0.1) is 0 Å². The topological polar surface area (TPSA) is 81.7 Å². The number of benzene rings is 2. The second kappa shape index (κ2) is 8.97. The highest BCUT2D eigenvalue weighted by Gasteiger charge is 2.12. The van der Waals surface area contributed by atoms with Crippen LogP contribution in [0.15, 0.2) is 54.7 Å². The highest BCUT2D eigenvalue weighted by molar-refractivity contribution is 6.03. The van der Waals surface area contributed by atoms with Crippen molar-refractivity contribution in [1.29, 1.82) is 0 Å². The Bertz CT molecular complexity index is 1020. The van der Waals surface area contributed by atoms with E-state index in [-0.39, 0.29) is 11.6 Å². The number of rotatable bonds is 7. The molecule has 0 radical (unpaired) electrons. The zero-order valence-corrected chi connectivity index (χ0v) is 16.8. The van der Waals surface area contributed by atoms with E-state index < -0.39 is 0 Å². The fraction of sp³-hybridized carbons (Fsp3) is 0.182. The highest BCUT2D eigenvalue weighted by atomic mass is 16.5. The summed E-state index contributed by atoms with van der Waals surface area (Å²) >= 11 is 0. The number of ether oxygens (including phenoxy) is 3. The number of methoxy groups -OCH3 is 3. The molecule has 7 nitrogen and oxygen atoms in total. The average Bonchev–Trinajstić information content (AvgIpc) is 2.74. The maximum atomic E-state index is 12.7. The summed E-state index contributed by atoms with van der Waals surface area (Å²) in [4.78, 5) is 16.8. The number of carbonyl (C=O) groups excluding carboxylic acids is 1. The molecular formula is C22H23N3O4. The lowest BCUT2D eigenvalue weighted by atomic mass is 10.2. The first-order valence-electron chi connectivity index (χ1n) is 8.95. The minimum absolute atomic E-state index is 0.274. The predicted octanol–water partition coefficient (Wildman–Crippen LogP) is 4.41. The lowest BCUT2D eigenvalue weighted by Crippen LogP contribution is -2.14. The van der Waals surface area contributed by atoms with Crippen LogP contribution in [0, 0.1) is 6.92 Å². The molecule has 3 aromatic rings. The van der Waals surface area contributed by atoms with E-state index in [1.165, 1.54) is 0 Å². The van der Waals surface area contributed by atoms with E-state index in [0.717, 1.165) is 16.9 Å². The fourth-order valence-electron chi connectivity index (χ4n) is 2.82. The van der Waals surface area contributed by atoms with Crippen molar-refractivity contribution in [3.8, 4) is 17.2 Å². The second-order valence-corrected chi connectivity index (χ2v) is 6.28. The lowest BCUT2D eigenvalue weighted by molar-refractivity contribution is 0.102. The Morgan fingerprint density at radius 3 is 2.28 bits per heavy atom. The van der Waals surface area contributed by atoms with Gasteiger partial charge in [-0.2, -0.15) is 0 Å². The zero-order valence-electron chi connectivity index (χ0n) is 16.8. The van der Waals surface area contributed by atoms with Crippen LogP contribution in [0.3, 0.4) is 0 Å². The first kappa shape index (κ1) is 20.0. The van der Waals surface area contributed by atoms with Crippen LogP contribution < -0.4 is 24.8 Å². The van der Waals surface area contributed by atoms with Crippen molar-refractivity contribution in [1.82, 2.24) is 4.98 Å². The van der Waals surface area contributed by atoms with Gasteiger partial charge in [0, 0.05) is 23.6 Å². The van der Waals surface area contributed by atoms with Gasteiger partial charge in [0.15, 0.2) is 11.5 Å². The number of hydrogen-bond acceptors (Lipinski definition) is 6. The summed E-state index contributed by atoms with van der Waals surface area (Å²) in [5.41, 5.74) is 3.48. The minimum Gasteiger partial charge on any atom is -0.495 e. The van der Waals surface area contributed by atoms with E-state index in [1.54, 1.807) is 57.9 Å². The monoisotopic (exact) mass is 393 g/mol. The maximum absolute atomic E-state index is 12.7. The zero-order chi connectivity index (χ0) is 20.8. The molecule has 0 spiro atoms. The number of anilines is 3. The number of pyridine rings is 1. The molecule has 1 amide bonds. The molecule has 0 aliphatic rings. The molecule has 7 heteroatoms. The summed E-state index contributed by atoms with van der Waals surface area (Å²) in [6.45, 7) is 2.00. The normalized spacial score (nSPS) is 10.2. The minimum atomic E-state index is -0.336. The summed E-state index contributed by atoms with van der Waals surface area (Å²) in [6, 6.07) is 14.5. The van der Waals surface area contributed by atoms with Crippen molar-refractivity contribution in [2.75, 3.05) is 32.0 Å². The molecule has 1 heterocycles. The summed E-state index contributed by atoms with van der Waals surface area (Å²) in [5.74, 6) is 1.49. The van der Waals surface area contributed by atoms with Crippen LogP contribution in [0.5, 0.6) is 17.2 Å². The highest BCUT2D eigenvalue weighted by Crippen LogP contribution is 2.30. The Labute approximate surface area is 169 Å². The van der Waals surface area contributed by atoms with E-state index in [9.17, 15) is 4.79 Å². The number of hydrogen-bond donors (Lipinski definition) is 2. The SMILES string of the molecule is COc1ccc(C)cc1Nc1ccnc(C(=O)Nc2ccc(OC)c(OC)c2)c1. The summed E-state index contributed by atoms with van der Waals surface area (Å²) in [7, 11) is 4.71. The van der Waals surface area contributed by atoms with E-state index in [0.29, 0.717) is 22.9 Å². The van der Waals surface area contributed by atoms with Crippen LogP contribution in [0.4, 0.5) is 17.1 Å². The van der Waals surface area contributed by atoms with Gasteiger partial charge in [-0.05, 0) is 48.9 Å². The Balaban J connectivity index is 1.79. The number of amides is 1. The second-order valence-electron chi connectivity index (χ2n) is 6.28. The average molecular weight is 393 g/mol. The van der Waals surface area contributed by atoms with Crippen molar-refractivity contribution in [2.45, 2.75) is 6.92 Å². The van der Waals surface area contributed by atoms with Crippen LogP contribution in [0.25, 0.3) is 0 Å². The molecule has 0 aliphatic heterocycles. The molecule has 3 rings (SSSR count). The molecule has 0 atom stereocenters. The van der Waals surface area contributed by atoms with Crippen LogP contribution in [-0.4, -0.2) is 32.2 Å². The van der Waals surface area contributed by atoms with Crippen molar-refractivity contribution in [3.63, 3.8) is 0 Å². The molecule has 0 saturated heterocycles. The van der Waals surface area contributed by atoms with Gasteiger partial charge in [-0.1, -0.05) is 6.07 Å². The third-order valence-corrected chi connectivity index (χ3v) is 4.27. The van der Waals surface area contributed by atoms with Crippen molar-refractivity contribution in [3.05, 3.63) is 66.0 Å². The molecule has 2 N–H and O–H groups in total. The standard InChI is InChI=1S/C22H23N3O4/c1-14-5-7-19(27-2)17(11-14)24-16-9-10-23-18(12-16)22(26)25-15-6-8-20(28-3)21(13-15)29-4/h5-13H,1-4H3,(H,23,24)(H,25,26). The van der Waals surface area contributed by atoms with E-state index >= 15 is 0 Å². The maximum Gasteiger partial charge on any atom is 0.274 e. The van der Waals surface area contributed by atoms with Gasteiger partial charge in [0.2, 0.25) is 0 Å². The smallest absolute Gasteiger partial charge is 0.274 e. The Hall–Kier alpha value is -3.74. The molecule has 0 bridgehead atoms. The van der Waals surface area contributed by atoms with Crippen LogP contribution in [-0.2, 0) is 0 Å². The molecule has 0 saturated carbocycles.